The first-order valence-electron chi connectivity index (χ1n) is 7.58. The van der Waals surface area contributed by atoms with Crippen molar-refractivity contribution in [3.05, 3.63) is 29.3 Å². The van der Waals surface area contributed by atoms with Gasteiger partial charge in [-0.3, -0.25) is 4.79 Å². The highest BCUT2D eigenvalue weighted by Crippen LogP contribution is 2.14. The summed E-state index contributed by atoms with van der Waals surface area (Å²) >= 11 is 4.28. The lowest BCUT2D eigenvalue weighted by atomic mass is 10.0. The second-order valence-corrected chi connectivity index (χ2v) is 6.37. The molecule has 1 aromatic carbocycles. The number of aryl methyl sites for hydroxylation is 1. The fourth-order valence-corrected chi connectivity index (χ4v) is 2.39. The van der Waals surface area contributed by atoms with Crippen LogP contribution in [-0.4, -0.2) is 12.5 Å². The fraction of sp³-hybridized carbons (Fsp3) is 0.588. The fourth-order valence-electron chi connectivity index (χ4n) is 2.18. The van der Waals surface area contributed by atoms with Gasteiger partial charge in [-0.05, 0) is 37.0 Å². The van der Waals surface area contributed by atoms with Crippen molar-refractivity contribution < 1.29 is 4.79 Å². The van der Waals surface area contributed by atoms with E-state index in [1.165, 1.54) is 25.7 Å². The van der Waals surface area contributed by atoms with Gasteiger partial charge in [-0.15, -0.1) is 12.6 Å². The van der Waals surface area contributed by atoms with Crippen molar-refractivity contribution in [1.29, 1.82) is 0 Å². The number of amides is 1. The van der Waals surface area contributed by atoms with E-state index in [1.807, 2.05) is 25.1 Å². The summed E-state index contributed by atoms with van der Waals surface area (Å²) in [6, 6.07) is 5.67. The van der Waals surface area contributed by atoms with Crippen molar-refractivity contribution >= 4 is 18.5 Å². The van der Waals surface area contributed by atoms with Crippen molar-refractivity contribution in [2.75, 3.05) is 6.54 Å². The zero-order valence-electron chi connectivity index (χ0n) is 12.9. The van der Waals surface area contributed by atoms with Crippen LogP contribution in [-0.2, 0) is 0 Å². The van der Waals surface area contributed by atoms with E-state index in [-0.39, 0.29) is 5.91 Å². The second kappa shape index (κ2) is 9.06. The van der Waals surface area contributed by atoms with Gasteiger partial charge in [-0.1, -0.05) is 45.6 Å². The Balaban J connectivity index is 2.22. The molecule has 0 bridgehead atoms. The molecule has 1 N–H and O–H groups in total. The molecule has 0 fully saturated rings. The molecule has 0 atom stereocenters. The van der Waals surface area contributed by atoms with Gasteiger partial charge in [0.05, 0.1) is 0 Å². The number of benzene rings is 1. The second-order valence-electron chi connectivity index (χ2n) is 5.85. The molecule has 0 aliphatic carbocycles. The summed E-state index contributed by atoms with van der Waals surface area (Å²) in [6.45, 7) is 7.24. The maximum Gasteiger partial charge on any atom is 0.251 e. The number of rotatable bonds is 8. The third-order valence-corrected chi connectivity index (χ3v) is 3.74. The van der Waals surface area contributed by atoms with Crippen LogP contribution >= 0.6 is 12.6 Å². The Kier molecular flexibility index (Phi) is 7.75. The molecule has 0 aromatic heterocycles. The normalized spacial score (nSPS) is 10.8. The number of hydrogen-bond acceptors (Lipinski definition) is 2. The lowest BCUT2D eigenvalue weighted by Gasteiger charge is -2.08. The van der Waals surface area contributed by atoms with Crippen LogP contribution < -0.4 is 5.32 Å². The van der Waals surface area contributed by atoms with Crippen LogP contribution in [0, 0.1) is 12.8 Å². The zero-order valence-corrected chi connectivity index (χ0v) is 13.8. The highest BCUT2D eigenvalue weighted by atomic mass is 32.1. The highest BCUT2D eigenvalue weighted by Gasteiger charge is 2.08. The Morgan fingerprint density at radius 2 is 1.90 bits per heavy atom. The summed E-state index contributed by atoms with van der Waals surface area (Å²) in [5, 5.41) is 2.99. The minimum atomic E-state index is 0.0144. The monoisotopic (exact) mass is 293 g/mol. The molecule has 20 heavy (non-hydrogen) atoms. The van der Waals surface area contributed by atoms with Crippen LogP contribution in [0.3, 0.4) is 0 Å². The number of nitrogens with one attached hydrogen (secondary N) is 1. The van der Waals surface area contributed by atoms with Crippen LogP contribution in [0.25, 0.3) is 0 Å². The lowest BCUT2D eigenvalue weighted by Crippen LogP contribution is -2.25. The first kappa shape index (κ1) is 17.1. The zero-order chi connectivity index (χ0) is 15.0. The van der Waals surface area contributed by atoms with Crippen LogP contribution in [0.4, 0.5) is 0 Å². The van der Waals surface area contributed by atoms with Gasteiger partial charge in [0.2, 0.25) is 0 Å². The molecule has 0 unspecified atom stereocenters. The van der Waals surface area contributed by atoms with E-state index in [0.29, 0.717) is 0 Å². The van der Waals surface area contributed by atoms with Gasteiger partial charge in [-0.25, -0.2) is 0 Å². The minimum Gasteiger partial charge on any atom is -0.352 e. The van der Waals surface area contributed by atoms with E-state index in [0.717, 1.165) is 34.9 Å². The number of hydrogen-bond donors (Lipinski definition) is 2. The Morgan fingerprint density at radius 3 is 2.60 bits per heavy atom. The van der Waals surface area contributed by atoms with E-state index in [1.54, 1.807) is 0 Å². The minimum absolute atomic E-state index is 0.0144. The summed E-state index contributed by atoms with van der Waals surface area (Å²) in [6.07, 6.45) is 6.12. The van der Waals surface area contributed by atoms with Crippen molar-refractivity contribution in [2.45, 2.75) is 57.8 Å². The third-order valence-electron chi connectivity index (χ3n) is 3.46. The molecule has 2 nitrogen and oxygen atoms in total. The first-order chi connectivity index (χ1) is 9.50. The SMILES string of the molecule is Cc1ccc(S)cc1C(=O)NCCCCCCC(C)C. The molecule has 3 heteroatoms. The van der Waals surface area contributed by atoms with Crippen molar-refractivity contribution in [3.63, 3.8) is 0 Å². The van der Waals surface area contributed by atoms with Gasteiger partial charge in [0.25, 0.3) is 5.91 Å². The number of carbonyl (C=O) groups excluding carboxylic acids is 1. The van der Waals surface area contributed by atoms with Crippen molar-refractivity contribution in [2.24, 2.45) is 5.92 Å². The molecule has 0 aliphatic rings. The predicted molar refractivity (Wildman–Crippen MR) is 88.7 cm³/mol. The van der Waals surface area contributed by atoms with E-state index >= 15 is 0 Å². The maximum atomic E-state index is 12.1. The number of thiol groups is 1. The van der Waals surface area contributed by atoms with Gasteiger partial charge in [0.15, 0.2) is 0 Å². The van der Waals surface area contributed by atoms with Crippen molar-refractivity contribution in [1.82, 2.24) is 5.32 Å². The smallest absolute Gasteiger partial charge is 0.251 e. The Bertz CT molecular complexity index is 429. The van der Waals surface area contributed by atoms with E-state index in [4.69, 9.17) is 0 Å². The van der Waals surface area contributed by atoms with Crippen LogP contribution in [0.2, 0.25) is 0 Å². The predicted octanol–water partition coefficient (Wildman–Crippen LogP) is 4.62. The molecular weight excluding hydrogens is 266 g/mol. The summed E-state index contributed by atoms with van der Waals surface area (Å²) < 4.78 is 0. The number of unbranched alkanes of at least 4 members (excludes halogenated alkanes) is 3. The summed E-state index contributed by atoms with van der Waals surface area (Å²) in [5.41, 5.74) is 1.73. The van der Waals surface area contributed by atoms with Gasteiger partial charge >= 0.3 is 0 Å². The van der Waals surface area contributed by atoms with E-state index in [2.05, 4.69) is 31.8 Å². The largest absolute Gasteiger partial charge is 0.352 e. The van der Waals surface area contributed by atoms with Gasteiger partial charge < -0.3 is 5.32 Å². The Labute approximate surface area is 128 Å². The van der Waals surface area contributed by atoms with Crippen LogP contribution in [0.15, 0.2) is 23.1 Å². The van der Waals surface area contributed by atoms with Crippen LogP contribution in [0.1, 0.15) is 61.9 Å². The van der Waals surface area contributed by atoms with Gasteiger partial charge in [0, 0.05) is 17.0 Å². The molecule has 0 radical (unpaired) electrons. The molecule has 1 amide bonds. The first-order valence-corrected chi connectivity index (χ1v) is 8.03. The molecule has 0 aliphatic heterocycles. The average molecular weight is 293 g/mol. The summed E-state index contributed by atoms with van der Waals surface area (Å²) in [4.78, 5) is 12.9. The lowest BCUT2D eigenvalue weighted by molar-refractivity contribution is 0.0952. The Hall–Kier alpha value is -0.960. The molecular formula is C17H27NOS. The topological polar surface area (TPSA) is 29.1 Å². The third kappa shape index (κ3) is 6.47. The molecule has 1 rings (SSSR count). The quantitative estimate of drug-likeness (QED) is 0.531. The van der Waals surface area contributed by atoms with Gasteiger partial charge in [0.1, 0.15) is 0 Å². The molecule has 1 aromatic rings. The molecule has 0 spiro atoms. The Morgan fingerprint density at radius 1 is 1.20 bits per heavy atom. The highest BCUT2D eigenvalue weighted by molar-refractivity contribution is 7.80. The van der Waals surface area contributed by atoms with Gasteiger partial charge in [-0.2, -0.15) is 0 Å². The summed E-state index contributed by atoms with van der Waals surface area (Å²) in [5.74, 6) is 0.812. The van der Waals surface area contributed by atoms with Crippen LogP contribution in [0.5, 0.6) is 0 Å². The summed E-state index contributed by atoms with van der Waals surface area (Å²) in [7, 11) is 0. The average Bonchev–Trinajstić information content (AvgIpc) is 2.39. The molecule has 0 heterocycles. The van der Waals surface area contributed by atoms with E-state index in [9.17, 15) is 4.79 Å². The number of carbonyl (C=O) groups is 1. The molecule has 0 saturated carbocycles. The van der Waals surface area contributed by atoms with E-state index < -0.39 is 0 Å². The standard InChI is InChI=1S/C17H27NOS/c1-13(2)8-6-4-5-7-11-18-17(19)16-12-15(20)10-9-14(16)3/h9-10,12-13,20H,4-8,11H2,1-3H3,(H,18,19). The molecule has 0 saturated heterocycles. The molecule has 112 valence electrons. The van der Waals surface area contributed by atoms with Crippen molar-refractivity contribution in [3.8, 4) is 0 Å². The maximum absolute atomic E-state index is 12.1.